The maximum Gasteiger partial charge on any atom is 0.0622 e. The van der Waals surface area contributed by atoms with Gasteiger partial charge in [-0.2, -0.15) is 0 Å². The highest BCUT2D eigenvalue weighted by atomic mass is 16.5. The lowest BCUT2D eigenvalue weighted by Crippen LogP contribution is -2.45. The van der Waals surface area contributed by atoms with Crippen molar-refractivity contribution >= 4 is 0 Å². The van der Waals surface area contributed by atoms with Gasteiger partial charge in [0.15, 0.2) is 0 Å². The Balaban J connectivity index is 1.82. The van der Waals surface area contributed by atoms with Crippen molar-refractivity contribution in [1.82, 2.24) is 10.6 Å². The van der Waals surface area contributed by atoms with Crippen LogP contribution in [-0.2, 0) is 4.74 Å². The third-order valence-electron chi connectivity index (χ3n) is 3.07. The second kappa shape index (κ2) is 4.94. The van der Waals surface area contributed by atoms with E-state index in [1.54, 1.807) is 0 Å². The first-order valence-corrected chi connectivity index (χ1v) is 5.48. The predicted octanol–water partition coefficient (Wildman–Crippen LogP) is 0.365. The lowest BCUT2D eigenvalue weighted by molar-refractivity contribution is 0.109. The smallest absolute Gasteiger partial charge is 0.0622 e. The van der Waals surface area contributed by atoms with Crippen molar-refractivity contribution in [2.24, 2.45) is 5.92 Å². The zero-order valence-corrected chi connectivity index (χ0v) is 8.22. The summed E-state index contributed by atoms with van der Waals surface area (Å²) in [5.41, 5.74) is 0. The molecule has 0 aliphatic carbocycles. The third-order valence-corrected chi connectivity index (χ3v) is 3.07. The van der Waals surface area contributed by atoms with Crippen LogP contribution in [0, 0.1) is 5.92 Å². The van der Waals surface area contributed by atoms with Gasteiger partial charge < -0.3 is 15.4 Å². The van der Waals surface area contributed by atoms with E-state index in [1.165, 1.54) is 25.9 Å². The zero-order valence-electron chi connectivity index (χ0n) is 8.22. The molecule has 0 saturated carbocycles. The minimum absolute atomic E-state index is 0.593. The highest BCUT2D eigenvalue weighted by Crippen LogP contribution is 2.15. The van der Waals surface area contributed by atoms with Crippen LogP contribution in [0.25, 0.3) is 0 Å². The zero-order chi connectivity index (χ0) is 8.93. The Bertz CT molecular complexity index is 138. The minimum Gasteiger partial charge on any atom is -0.380 e. The number of nitrogens with one attached hydrogen (secondary N) is 2. The van der Waals surface area contributed by atoms with E-state index in [-0.39, 0.29) is 0 Å². The van der Waals surface area contributed by atoms with Crippen LogP contribution in [0.15, 0.2) is 0 Å². The fourth-order valence-electron chi connectivity index (χ4n) is 2.26. The number of hydrogen-bond donors (Lipinski definition) is 2. The Hall–Kier alpha value is -0.120. The number of ether oxygens (including phenoxy) is 1. The van der Waals surface area contributed by atoms with E-state index in [2.05, 4.69) is 10.6 Å². The van der Waals surface area contributed by atoms with Crippen LogP contribution in [-0.4, -0.2) is 38.9 Å². The maximum atomic E-state index is 5.57. The molecule has 0 bridgehead atoms. The molecule has 2 aliphatic rings. The second-order valence-corrected chi connectivity index (χ2v) is 4.10. The van der Waals surface area contributed by atoms with Gasteiger partial charge in [-0.1, -0.05) is 0 Å². The van der Waals surface area contributed by atoms with Gasteiger partial charge in [0.2, 0.25) is 0 Å². The Morgan fingerprint density at radius 2 is 2.15 bits per heavy atom. The van der Waals surface area contributed by atoms with E-state index in [4.69, 9.17) is 4.74 Å². The largest absolute Gasteiger partial charge is 0.380 e. The van der Waals surface area contributed by atoms with Gasteiger partial charge in [-0.05, 0) is 44.8 Å². The van der Waals surface area contributed by atoms with E-state index in [1.807, 2.05) is 0 Å². The number of rotatable bonds is 1. The summed E-state index contributed by atoms with van der Waals surface area (Å²) in [6.45, 7) is 5.34. The first kappa shape index (κ1) is 9.44. The third kappa shape index (κ3) is 2.66. The van der Waals surface area contributed by atoms with Crippen molar-refractivity contribution in [2.75, 3.05) is 32.8 Å². The summed E-state index contributed by atoms with van der Waals surface area (Å²) in [6.07, 6.45) is 3.84. The molecule has 2 rings (SSSR count). The summed E-state index contributed by atoms with van der Waals surface area (Å²) >= 11 is 0. The van der Waals surface area contributed by atoms with Crippen molar-refractivity contribution < 1.29 is 4.74 Å². The molecule has 2 atom stereocenters. The summed E-state index contributed by atoms with van der Waals surface area (Å²) in [6, 6.07) is 0.593. The van der Waals surface area contributed by atoms with Crippen molar-refractivity contribution in [2.45, 2.75) is 25.3 Å². The van der Waals surface area contributed by atoms with Crippen molar-refractivity contribution in [1.29, 1.82) is 0 Å². The summed E-state index contributed by atoms with van der Waals surface area (Å²) in [5.74, 6) is 0.784. The van der Waals surface area contributed by atoms with E-state index in [0.29, 0.717) is 6.04 Å². The topological polar surface area (TPSA) is 33.3 Å². The molecule has 0 spiro atoms. The van der Waals surface area contributed by atoms with Gasteiger partial charge in [0, 0.05) is 12.6 Å². The SMILES string of the molecule is C1CNC(C2CCCNC2)COC1. The van der Waals surface area contributed by atoms with Gasteiger partial charge in [0.25, 0.3) is 0 Å². The molecular weight excluding hydrogens is 164 g/mol. The number of piperidine rings is 1. The minimum atomic E-state index is 0.593. The summed E-state index contributed by atoms with van der Waals surface area (Å²) in [5, 5.41) is 7.04. The molecule has 3 nitrogen and oxygen atoms in total. The molecule has 13 heavy (non-hydrogen) atoms. The molecule has 2 N–H and O–H groups in total. The number of hydrogen-bond acceptors (Lipinski definition) is 3. The van der Waals surface area contributed by atoms with E-state index in [9.17, 15) is 0 Å². The van der Waals surface area contributed by atoms with Crippen LogP contribution < -0.4 is 10.6 Å². The molecule has 3 heteroatoms. The first-order chi connectivity index (χ1) is 6.47. The van der Waals surface area contributed by atoms with Crippen molar-refractivity contribution in [3.63, 3.8) is 0 Å². The Morgan fingerprint density at radius 1 is 1.15 bits per heavy atom. The van der Waals surface area contributed by atoms with Crippen LogP contribution >= 0.6 is 0 Å². The normalized spacial score (nSPS) is 36.9. The summed E-state index contributed by atoms with van der Waals surface area (Å²) in [7, 11) is 0. The van der Waals surface area contributed by atoms with Crippen LogP contribution in [0.2, 0.25) is 0 Å². The highest BCUT2D eigenvalue weighted by Gasteiger charge is 2.24. The monoisotopic (exact) mass is 184 g/mol. The summed E-state index contributed by atoms with van der Waals surface area (Å²) < 4.78 is 5.57. The Labute approximate surface area is 80.2 Å². The van der Waals surface area contributed by atoms with Crippen LogP contribution in [0.4, 0.5) is 0 Å². The molecule has 0 aromatic carbocycles. The lowest BCUT2D eigenvalue weighted by Gasteiger charge is -2.30. The quantitative estimate of drug-likeness (QED) is 0.617. The van der Waals surface area contributed by atoms with E-state index < -0.39 is 0 Å². The molecule has 2 heterocycles. The molecule has 0 radical (unpaired) electrons. The van der Waals surface area contributed by atoms with Crippen LogP contribution in [0.1, 0.15) is 19.3 Å². The molecule has 2 fully saturated rings. The molecule has 2 saturated heterocycles. The molecular formula is C10H20N2O. The molecule has 76 valence electrons. The van der Waals surface area contributed by atoms with Gasteiger partial charge >= 0.3 is 0 Å². The highest BCUT2D eigenvalue weighted by molar-refractivity contribution is 4.82. The predicted molar refractivity (Wildman–Crippen MR) is 52.8 cm³/mol. The molecule has 0 aromatic heterocycles. The van der Waals surface area contributed by atoms with Gasteiger partial charge in [-0.3, -0.25) is 0 Å². The van der Waals surface area contributed by atoms with Gasteiger partial charge in [-0.15, -0.1) is 0 Å². The fourth-order valence-corrected chi connectivity index (χ4v) is 2.26. The van der Waals surface area contributed by atoms with E-state index in [0.717, 1.165) is 32.1 Å². The van der Waals surface area contributed by atoms with Gasteiger partial charge in [-0.25, -0.2) is 0 Å². The Morgan fingerprint density at radius 3 is 3.00 bits per heavy atom. The molecule has 0 aromatic rings. The standard InChI is InChI=1S/C10H20N2O/c1-3-9(7-11-4-1)10-8-13-6-2-5-12-10/h9-12H,1-8H2. The van der Waals surface area contributed by atoms with Crippen LogP contribution in [0.3, 0.4) is 0 Å². The van der Waals surface area contributed by atoms with Crippen LogP contribution in [0.5, 0.6) is 0 Å². The second-order valence-electron chi connectivity index (χ2n) is 4.10. The lowest BCUT2D eigenvalue weighted by atomic mass is 9.92. The summed E-state index contributed by atoms with van der Waals surface area (Å²) in [4.78, 5) is 0. The van der Waals surface area contributed by atoms with Crippen molar-refractivity contribution in [3.05, 3.63) is 0 Å². The fraction of sp³-hybridized carbons (Fsp3) is 1.00. The average Bonchev–Trinajstić information content (AvgIpc) is 2.47. The van der Waals surface area contributed by atoms with Gasteiger partial charge in [0.1, 0.15) is 0 Å². The average molecular weight is 184 g/mol. The molecule has 0 amide bonds. The molecule has 2 unspecified atom stereocenters. The maximum absolute atomic E-state index is 5.57. The van der Waals surface area contributed by atoms with Gasteiger partial charge in [0.05, 0.1) is 6.61 Å². The van der Waals surface area contributed by atoms with E-state index >= 15 is 0 Å². The molecule has 2 aliphatic heterocycles. The Kier molecular flexibility index (Phi) is 3.58. The first-order valence-electron chi connectivity index (χ1n) is 5.48. The van der Waals surface area contributed by atoms with Crippen molar-refractivity contribution in [3.8, 4) is 0 Å².